The lowest BCUT2D eigenvalue weighted by Gasteiger charge is -2.34. The van der Waals surface area contributed by atoms with Crippen molar-refractivity contribution >= 4 is 5.78 Å². The molecule has 0 aliphatic heterocycles. The zero-order valence-corrected chi connectivity index (χ0v) is 11.2. The molecule has 0 radical (unpaired) electrons. The Bertz CT molecular complexity index is 506. The fourth-order valence-electron chi connectivity index (χ4n) is 2.35. The van der Waals surface area contributed by atoms with Gasteiger partial charge in [-0.25, -0.2) is 0 Å². The maximum Gasteiger partial charge on any atom is 0.136 e. The summed E-state index contributed by atoms with van der Waals surface area (Å²) in [6, 6.07) is 18.7. The summed E-state index contributed by atoms with van der Waals surface area (Å²) in [5, 5.41) is 11.2. The molecule has 1 N–H and O–H groups in total. The molecule has 0 spiro atoms. The molecule has 2 aromatic rings. The first-order chi connectivity index (χ1) is 9.06. The fourth-order valence-corrected chi connectivity index (χ4v) is 2.35. The second-order valence-electron chi connectivity index (χ2n) is 4.83. The first kappa shape index (κ1) is 13.5. The summed E-state index contributed by atoms with van der Waals surface area (Å²) in [5.74, 6) is -0.535. The minimum Gasteiger partial charge on any atom is -0.380 e. The highest BCUT2D eigenvalue weighted by atomic mass is 16.3. The molecule has 0 aliphatic rings. The molecule has 98 valence electrons. The SMILES string of the molecule is CC(=O)C(C)C(O)(c1ccccc1)c1ccccc1. The average Bonchev–Trinajstić information content (AvgIpc) is 2.47. The van der Waals surface area contributed by atoms with Gasteiger partial charge in [0.05, 0.1) is 5.92 Å². The van der Waals surface area contributed by atoms with Crippen molar-refractivity contribution in [2.45, 2.75) is 19.4 Å². The van der Waals surface area contributed by atoms with Crippen LogP contribution < -0.4 is 0 Å². The van der Waals surface area contributed by atoms with Crippen LogP contribution in [0.4, 0.5) is 0 Å². The summed E-state index contributed by atoms with van der Waals surface area (Å²) in [6.07, 6.45) is 0. The molecule has 0 heterocycles. The first-order valence-electron chi connectivity index (χ1n) is 6.40. The topological polar surface area (TPSA) is 37.3 Å². The standard InChI is InChI=1S/C17H18O2/c1-13(14(2)18)17(19,15-9-5-3-6-10-15)16-11-7-4-8-12-16/h3-13,19H,1-2H3. The van der Waals surface area contributed by atoms with Crippen molar-refractivity contribution in [2.24, 2.45) is 5.92 Å². The number of ketones is 1. The highest BCUT2D eigenvalue weighted by Crippen LogP contribution is 2.37. The van der Waals surface area contributed by atoms with Crippen LogP contribution in [-0.2, 0) is 10.4 Å². The Morgan fingerprint density at radius 2 is 1.32 bits per heavy atom. The molecule has 2 rings (SSSR count). The van der Waals surface area contributed by atoms with E-state index in [1.165, 1.54) is 6.92 Å². The molecule has 0 aromatic heterocycles. The van der Waals surface area contributed by atoms with Gasteiger partial charge < -0.3 is 5.11 Å². The van der Waals surface area contributed by atoms with Crippen LogP contribution in [0.3, 0.4) is 0 Å². The highest BCUT2D eigenvalue weighted by Gasteiger charge is 2.39. The van der Waals surface area contributed by atoms with E-state index >= 15 is 0 Å². The van der Waals surface area contributed by atoms with Crippen molar-refractivity contribution in [3.63, 3.8) is 0 Å². The lowest BCUT2D eigenvalue weighted by Crippen LogP contribution is -2.38. The van der Waals surface area contributed by atoms with Gasteiger partial charge in [-0.2, -0.15) is 0 Å². The van der Waals surface area contributed by atoms with Crippen LogP contribution in [0, 0.1) is 5.92 Å². The second-order valence-corrected chi connectivity index (χ2v) is 4.83. The minimum absolute atomic E-state index is 0.0322. The molecule has 0 amide bonds. The van der Waals surface area contributed by atoms with Gasteiger partial charge in [-0.05, 0) is 18.1 Å². The highest BCUT2D eigenvalue weighted by molar-refractivity contribution is 5.80. The number of hydrogen-bond acceptors (Lipinski definition) is 2. The van der Waals surface area contributed by atoms with Crippen LogP contribution in [0.2, 0.25) is 0 Å². The Balaban J connectivity index is 2.61. The Labute approximate surface area is 113 Å². The van der Waals surface area contributed by atoms with Crippen LogP contribution in [0.5, 0.6) is 0 Å². The number of rotatable bonds is 4. The molecule has 2 heteroatoms. The Morgan fingerprint density at radius 1 is 0.947 bits per heavy atom. The van der Waals surface area contributed by atoms with Crippen LogP contribution in [0.25, 0.3) is 0 Å². The molecule has 2 nitrogen and oxygen atoms in total. The van der Waals surface area contributed by atoms with Crippen molar-refractivity contribution in [3.8, 4) is 0 Å². The van der Waals surface area contributed by atoms with Crippen molar-refractivity contribution in [2.75, 3.05) is 0 Å². The van der Waals surface area contributed by atoms with Crippen molar-refractivity contribution in [1.29, 1.82) is 0 Å². The number of hydrogen-bond donors (Lipinski definition) is 1. The van der Waals surface area contributed by atoms with Crippen LogP contribution in [-0.4, -0.2) is 10.9 Å². The van der Waals surface area contributed by atoms with Gasteiger partial charge in [-0.3, -0.25) is 4.79 Å². The molecular weight excluding hydrogens is 236 g/mol. The van der Waals surface area contributed by atoms with Gasteiger partial charge in [-0.15, -0.1) is 0 Å². The van der Waals surface area contributed by atoms with Gasteiger partial charge in [0.2, 0.25) is 0 Å². The molecule has 0 fully saturated rings. The third kappa shape index (κ3) is 2.45. The number of carbonyl (C=O) groups excluding carboxylic acids is 1. The first-order valence-corrected chi connectivity index (χ1v) is 6.40. The predicted molar refractivity (Wildman–Crippen MR) is 75.7 cm³/mol. The van der Waals surface area contributed by atoms with Gasteiger partial charge in [0, 0.05) is 0 Å². The fraction of sp³-hybridized carbons (Fsp3) is 0.235. The Morgan fingerprint density at radius 3 is 1.63 bits per heavy atom. The van der Waals surface area contributed by atoms with Gasteiger partial charge in [0.1, 0.15) is 11.4 Å². The molecule has 1 atom stereocenters. The van der Waals surface area contributed by atoms with Crippen LogP contribution >= 0.6 is 0 Å². The Kier molecular flexibility index (Phi) is 3.82. The van der Waals surface area contributed by atoms with E-state index in [9.17, 15) is 9.90 Å². The van der Waals surface area contributed by atoms with Crippen molar-refractivity contribution in [1.82, 2.24) is 0 Å². The Hall–Kier alpha value is -1.93. The normalized spacial score (nSPS) is 13.0. The number of carbonyl (C=O) groups is 1. The van der Waals surface area contributed by atoms with Crippen LogP contribution in [0.1, 0.15) is 25.0 Å². The maximum absolute atomic E-state index is 11.8. The van der Waals surface area contributed by atoms with E-state index < -0.39 is 11.5 Å². The van der Waals surface area contributed by atoms with E-state index in [1.54, 1.807) is 6.92 Å². The van der Waals surface area contributed by atoms with Gasteiger partial charge in [-0.1, -0.05) is 67.6 Å². The maximum atomic E-state index is 11.8. The van der Waals surface area contributed by atoms with Gasteiger partial charge >= 0.3 is 0 Å². The average molecular weight is 254 g/mol. The molecule has 0 bridgehead atoms. The zero-order chi connectivity index (χ0) is 13.9. The predicted octanol–water partition coefficient (Wildman–Crippen LogP) is 3.15. The van der Waals surface area contributed by atoms with Crippen LogP contribution in [0.15, 0.2) is 60.7 Å². The third-order valence-corrected chi connectivity index (χ3v) is 3.66. The summed E-state index contributed by atoms with van der Waals surface area (Å²) < 4.78 is 0. The summed E-state index contributed by atoms with van der Waals surface area (Å²) in [5.41, 5.74) is 0.196. The van der Waals surface area contributed by atoms with E-state index in [0.717, 1.165) is 11.1 Å². The smallest absolute Gasteiger partial charge is 0.136 e. The molecular formula is C17H18O2. The minimum atomic E-state index is -1.28. The summed E-state index contributed by atoms with van der Waals surface area (Å²) in [4.78, 5) is 11.8. The van der Waals surface area contributed by atoms with Gasteiger partial charge in [0.15, 0.2) is 0 Å². The number of benzene rings is 2. The lowest BCUT2D eigenvalue weighted by atomic mass is 9.75. The quantitative estimate of drug-likeness (QED) is 0.910. The molecule has 19 heavy (non-hydrogen) atoms. The van der Waals surface area contributed by atoms with E-state index in [0.29, 0.717) is 0 Å². The molecule has 0 aliphatic carbocycles. The van der Waals surface area contributed by atoms with E-state index in [1.807, 2.05) is 60.7 Å². The molecule has 0 saturated carbocycles. The summed E-state index contributed by atoms with van der Waals surface area (Å²) >= 11 is 0. The van der Waals surface area contributed by atoms with Crippen molar-refractivity contribution < 1.29 is 9.90 Å². The lowest BCUT2D eigenvalue weighted by molar-refractivity contribution is -0.127. The monoisotopic (exact) mass is 254 g/mol. The molecule has 0 saturated heterocycles. The van der Waals surface area contributed by atoms with E-state index in [4.69, 9.17) is 0 Å². The van der Waals surface area contributed by atoms with E-state index in [-0.39, 0.29) is 5.78 Å². The third-order valence-electron chi connectivity index (χ3n) is 3.66. The van der Waals surface area contributed by atoms with Crippen molar-refractivity contribution in [3.05, 3.63) is 71.8 Å². The molecule has 2 aromatic carbocycles. The van der Waals surface area contributed by atoms with E-state index in [2.05, 4.69) is 0 Å². The molecule has 1 unspecified atom stereocenters. The summed E-state index contributed by atoms with van der Waals surface area (Å²) in [6.45, 7) is 3.28. The second kappa shape index (κ2) is 5.37. The summed E-state index contributed by atoms with van der Waals surface area (Å²) in [7, 11) is 0. The zero-order valence-electron chi connectivity index (χ0n) is 11.2. The largest absolute Gasteiger partial charge is 0.380 e. The number of aliphatic hydroxyl groups is 1. The van der Waals surface area contributed by atoms with Gasteiger partial charge in [0.25, 0.3) is 0 Å². The number of Topliss-reactive ketones (excluding diaryl/α,β-unsaturated/α-hetero) is 1.